The summed E-state index contributed by atoms with van der Waals surface area (Å²) in [5.74, 6) is 0.114. The van der Waals surface area contributed by atoms with Gasteiger partial charge in [0, 0.05) is 12.7 Å². The molecule has 0 saturated heterocycles. The summed E-state index contributed by atoms with van der Waals surface area (Å²) in [5.41, 5.74) is 1.95. The Bertz CT molecular complexity index is 293. The van der Waals surface area contributed by atoms with Gasteiger partial charge in [-0.15, -0.1) is 0 Å². The molecule has 0 aliphatic rings. The van der Waals surface area contributed by atoms with Crippen LogP contribution in [0.3, 0.4) is 0 Å². The topological polar surface area (TPSA) is 26.3 Å². The van der Waals surface area contributed by atoms with Crippen molar-refractivity contribution in [3.63, 3.8) is 0 Å². The van der Waals surface area contributed by atoms with E-state index in [-0.39, 0.29) is 5.78 Å². The third-order valence-electron chi connectivity index (χ3n) is 1.99. The molecule has 0 unspecified atom stereocenters. The molecule has 1 aromatic rings. The average Bonchev–Trinajstić information content (AvgIpc) is 2.26. The maximum absolute atomic E-state index is 11.3. The molecule has 0 saturated carbocycles. The second kappa shape index (κ2) is 5.94. The van der Waals surface area contributed by atoms with Crippen LogP contribution in [0.4, 0.5) is 0 Å². The van der Waals surface area contributed by atoms with Crippen molar-refractivity contribution in [2.75, 3.05) is 19.0 Å². The van der Waals surface area contributed by atoms with Crippen LogP contribution >= 0.6 is 15.9 Å². The third-order valence-corrected chi connectivity index (χ3v) is 2.50. The lowest BCUT2D eigenvalue weighted by atomic mass is 10.1. The fourth-order valence-electron chi connectivity index (χ4n) is 1.15. The summed E-state index contributed by atoms with van der Waals surface area (Å²) >= 11 is 3.14. The molecule has 1 aromatic carbocycles. The highest BCUT2D eigenvalue weighted by Gasteiger charge is 2.02. The van der Waals surface area contributed by atoms with Gasteiger partial charge in [0.05, 0.1) is 11.9 Å². The molecule has 0 aromatic heterocycles. The van der Waals surface area contributed by atoms with Gasteiger partial charge in [0.2, 0.25) is 0 Å². The Morgan fingerprint density at radius 1 is 1.36 bits per heavy atom. The highest BCUT2D eigenvalue weighted by atomic mass is 79.9. The van der Waals surface area contributed by atoms with E-state index in [0.29, 0.717) is 11.9 Å². The summed E-state index contributed by atoms with van der Waals surface area (Å²) < 4.78 is 4.97. The molecule has 3 heteroatoms. The van der Waals surface area contributed by atoms with E-state index < -0.39 is 0 Å². The molecule has 0 N–H and O–H groups in total. The molecule has 0 radical (unpaired) electrons. The molecule has 0 aliphatic carbocycles. The lowest BCUT2D eigenvalue weighted by molar-refractivity contribution is 0.102. The Morgan fingerprint density at radius 2 is 2.00 bits per heavy atom. The number of Topliss-reactive ketones (excluding diaryl/α,β-unsaturated/α-hetero) is 1. The van der Waals surface area contributed by atoms with E-state index in [1.54, 1.807) is 7.11 Å². The minimum Gasteiger partial charge on any atom is -0.384 e. The first-order valence-corrected chi connectivity index (χ1v) is 5.57. The van der Waals surface area contributed by atoms with Crippen molar-refractivity contribution in [2.45, 2.75) is 6.42 Å². The molecule has 76 valence electrons. The van der Waals surface area contributed by atoms with Gasteiger partial charge in [0.25, 0.3) is 0 Å². The molecule has 0 spiro atoms. The first-order valence-electron chi connectivity index (χ1n) is 4.45. The van der Waals surface area contributed by atoms with Crippen molar-refractivity contribution in [2.24, 2.45) is 0 Å². The zero-order valence-electron chi connectivity index (χ0n) is 8.13. The van der Waals surface area contributed by atoms with Crippen molar-refractivity contribution in [3.05, 3.63) is 35.4 Å². The summed E-state index contributed by atoms with van der Waals surface area (Å²) in [4.78, 5) is 11.3. The Morgan fingerprint density at radius 3 is 2.50 bits per heavy atom. The smallest absolute Gasteiger partial charge is 0.173 e. The van der Waals surface area contributed by atoms with Crippen LogP contribution in [0.15, 0.2) is 24.3 Å². The molecule has 0 heterocycles. The lowest BCUT2D eigenvalue weighted by Gasteiger charge is -2.01. The lowest BCUT2D eigenvalue weighted by Crippen LogP contribution is -2.00. The summed E-state index contributed by atoms with van der Waals surface area (Å²) in [7, 11) is 1.68. The van der Waals surface area contributed by atoms with E-state index in [1.165, 1.54) is 5.56 Å². The average molecular weight is 257 g/mol. The predicted octanol–water partition coefficient (Wildman–Crippen LogP) is 2.45. The van der Waals surface area contributed by atoms with E-state index in [4.69, 9.17) is 4.74 Å². The van der Waals surface area contributed by atoms with Gasteiger partial charge in [-0.05, 0) is 12.0 Å². The second-order valence-corrected chi connectivity index (χ2v) is 3.56. The van der Waals surface area contributed by atoms with Gasteiger partial charge < -0.3 is 4.74 Å². The van der Waals surface area contributed by atoms with Crippen molar-refractivity contribution in [1.29, 1.82) is 0 Å². The summed E-state index contributed by atoms with van der Waals surface area (Å²) in [6.45, 7) is 0.714. The van der Waals surface area contributed by atoms with E-state index in [0.717, 1.165) is 12.0 Å². The Kier molecular flexibility index (Phi) is 4.84. The van der Waals surface area contributed by atoms with Crippen molar-refractivity contribution in [3.8, 4) is 0 Å². The number of carbonyl (C=O) groups excluding carboxylic acids is 1. The van der Waals surface area contributed by atoms with E-state index in [2.05, 4.69) is 15.9 Å². The van der Waals surface area contributed by atoms with Crippen LogP contribution in [-0.4, -0.2) is 24.8 Å². The maximum atomic E-state index is 11.3. The molecule has 0 amide bonds. The van der Waals surface area contributed by atoms with Crippen LogP contribution in [0.1, 0.15) is 15.9 Å². The fraction of sp³-hybridized carbons (Fsp3) is 0.364. The van der Waals surface area contributed by atoms with Gasteiger partial charge in [-0.2, -0.15) is 0 Å². The van der Waals surface area contributed by atoms with Gasteiger partial charge in [-0.3, -0.25) is 4.79 Å². The highest BCUT2D eigenvalue weighted by Crippen LogP contribution is 2.07. The number of hydrogen-bond donors (Lipinski definition) is 0. The standard InChI is InChI=1S/C11H13BrO2/c1-14-7-6-9-2-4-10(5-3-9)11(13)8-12/h2-5H,6-8H2,1H3. The normalized spacial score (nSPS) is 10.1. The van der Waals surface area contributed by atoms with Crippen LogP contribution in [0.5, 0.6) is 0 Å². The largest absolute Gasteiger partial charge is 0.384 e. The molecule has 0 fully saturated rings. The van der Waals surface area contributed by atoms with Crippen molar-refractivity contribution in [1.82, 2.24) is 0 Å². The van der Waals surface area contributed by atoms with Crippen LogP contribution < -0.4 is 0 Å². The SMILES string of the molecule is COCCc1ccc(C(=O)CBr)cc1. The number of benzene rings is 1. The van der Waals surface area contributed by atoms with Crippen LogP contribution in [-0.2, 0) is 11.2 Å². The van der Waals surface area contributed by atoms with Crippen LogP contribution in [0.25, 0.3) is 0 Å². The number of carbonyl (C=O) groups is 1. The van der Waals surface area contributed by atoms with Gasteiger partial charge in [0.1, 0.15) is 0 Å². The van der Waals surface area contributed by atoms with Gasteiger partial charge in [-0.1, -0.05) is 40.2 Å². The number of ether oxygens (including phenoxy) is 1. The highest BCUT2D eigenvalue weighted by molar-refractivity contribution is 9.09. The monoisotopic (exact) mass is 256 g/mol. The molecule has 1 rings (SSSR count). The van der Waals surface area contributed by atoms with E-state index in [9.17, 15) is 4.79 Å². The molecular formula is C11H13BrO2. The first kappa shape index (κ1) is 11.4. The second-order valence-electron chi connectivity index (χ2n) is 3.00. The van der Waals surface area contributed by atoms with Crippen LogP contribution in [0.2, 0.25) is 0 Å². The quantitative estimate of drug-likeness (QED) is 0.598. The molecule has 0 aliphatic heterocycles. The predicted molar refractivity (Wildman–Crippen MR) is 60.1 cm³/mol. The number of hydrogen-bond acceptors (Lipinski definition) is 2. The first-order chi connectivity index (χ1) is 6.77. The zero-order valence-corrected chi connectivity index (χ0v) is 9.71. The number of ketones is 1. The number of methoxy groups -OCH3 is 1. The third kappa shape index (κ3) is 3.24. The van der Waals surface area contributed by atoms with Crippen LogP contribution in [0, 0.1) is 0 Å². The molecule has 0 bridgehead atoms. The molecular weight excluding hydrogens is 244 g/mol. The van der Waals surface area contributed by atoms with Gasteiger partial charge in [-0.25, -0.2) is 0 Å². The maximum Gasteiger partial charge on any atom is 0.173 e. The van der Waals surface area contributed by atoms with Crippen molar-refractivity contribution >= 4 is 21.7 Å². The summed E-state index contributed by atoms with van der Waals surface area (Å²) in [6.07, 6.45) is 0.888. The van der Waals surface area contributed by atoms with E-state index >= 15 is 0 Å². The summed E-state index contributed by atoms with van der Waals surface area (Å²) in [6, 6.07) is 7.65. The minimum absolute atomic E-state index is 0.114. The minimum atomic E-state index is 0.114. The Hall–Kier alpha value is -0.670. The van der Waals surface area contributed by atoms with Gasteiger partial charge in [0.15, 0.2) is 5.78 Å². The van der Waals surface area contributed by atoms with Gasteiger partial charge >= 0.3 is 0 Å². The molecule has 2 nitrogen and oxygen atoms in total. The number of halogens is 1. The Labute approximate surface area is 92.4 Å². The molecule has 14 heavy (non-hydrogen) atoms. The van der Waals surface area contributed by atoms with Crippen molar-refractivity contribution < 1.29 is 9.53 Å². The summed E-state index contributed by atoms with van der Waals surface area (Å²) in [5, 5.41) is 0.379. The van der Waals surface area contributed by atoms with E-state index in [1.807, 2.05) is 24.3 Å². The molecule has 0 atom stereocenters. The fourth-order valence-corrected chi connectivity index (χ4v) is 1.48. The number of rotatable bonds is 5. The number of alkyl halides is 1. The Balaban J connectivity index is 2.63. The zero-order chi connectivity index (χ0) is 10.4.